The minimum absolute atomic E-state index is 0.0560. The Morgan fingerprint density at radius 2 is 2.05 bits per heavy atom. The van der Waals surface area contributed by atoms with Crippen molar-refractivity contribution in [3.8, 4) is 5.75 Å². The van der Waals surface area contributed by atoms with Gasteiger partial charge in [0.25, 0.3) is 0 Å². The summed E-state index contributed by atoms with van der Waals surface area (Å²) in [4.78, 5) is 34.7. The molecule has 0 atom stereocenters. The molecule has 0 unspecified atom stereocenters. The largest absolute Gasteiger partial charge is 0.496 e. The minimum atomic E-state index is -1.02. The molecule has 0 aliphatic carbocycles. The second-order valence-corrected chi connectivity index (χ2v) is 3.97. The number of aromatic amines is 1. The van der Waals surface area contributed by atoms with E-state index in [1.54, 1.807) is 24.3 Å². The number of ether oxygens (including phenoxy) is 1. The average Bonchev–Trinajstić information content (AvgIpc) is 2.42. The molecule has 1 N–H and O–H groups in total. The molecule has 0 amide bonds. The lowest BCUT2D eigenvalue weighted by Crippen LogP contribution is -2.31. The smallest absolute Gasteiger partial charge is 0.350 e. The van der Waals surface area contributed by atoms with Crippen molar-refractivity contribution in [1.29, 1.82) is 0 Å². The second-order valence-electron chi connectivity index (χ2n) is 3.97. The molecule has 1 aromatic heterocycles. The highest BCUT2D eigenvalue weighted by atomic mass is 16.6. The summed E-state index contributed by atoms with van der Waals surface area (Å²) in [5.74, 6) is 0.549. The van der Waals surface area contributed by atoms with Crippen molar-refractivity contribution in [2.24, 2.45) is 0 Å². The van der Waals surface area contributed by atoms with E-state index in [1.165, 1.54) is 7.11 Å². The Kier molecular flexibility index (Phi) is 3.65. The summed E-state index contributed by atoms with van der Waals surface area (Å²) in [5, 5.41) is 10.7. The van der Waals surface area contributed by atoms with Crippen LogP contribution in [0.5, 0.6) is 5.75 Å². The zero-order valence-electron chi connectivity index (χ0n) is 10.5. The lowest BCUT2D eigenvalue weighted by molar-refractivity contribution is -0.386. The predicted octanol–water partition coefficient (Wildman–Crippen LogP) is 0.502. The van der Waals surface area contributed by atoms with Crippen molar-refractivity contribution in [3.05, 3.63) is 67.0 Å². The number of rotatable bonds is 4. The Hall–Kier alpha value is -2.90. The minimum Gasteiger partial charge on any atom is -0.496 e. The van der Waals surface area contributed by atoms with E-state index in [2.05, 4.69) is 0 Å². The molecule has 0 bridgehead atoms. The van der Waals surface area contributed by atoms with Gasteiger partial charge in [0.05, 0.1) is 24.8 Å². The van der Waals surface area contributed by atoms with E-state index in [1.807, 2.05) is 4.98 Å². The second kappa shape index (κ2) is 5.39. The van der Waals surface area contributed by atoms with Crippen LogP contribution >= 0.6 is 0 Å². The molecule has 104 valence electrons. The van der Waals surface area contributed by atoms with Crippen LogP contribution in [0.15, 0.2) is 40.1 Å². The van der Waals surface area contributed by atoms with Crippen LogP contribution in [-0.4, -0.2) is 21.6 Å². The molecule has 0 radical (unpaired) electrons. The zero-order valence-corrected chi connectivity index (χ0v) is 10.5. The number of aromatic nitrogens is 2. The van der Waals surface area contributed by atoms with Crippen molar-refractivity contribution in [1.82, 2.24) is 9.55 Å². The van der Waals surface area contributed by atoms with E-state index in [9.17, 15) is 19.7 Å². The number of nitrogens with zero attached hydrogens (tertiary/aromatic N) is 2. The van der Waals surface area contributed by atoms with E-state index >= 15 is 0 Å². The molecule has 0 aliphatic rings. The SMILES string of the molecule is COc1ccccc1Cn1cc([N+](=O)[O-])c(=O)[nH]c1=O. The molecular weight excluding hydrogens is 266 g/mol. The number of para-hydroxylation sites is 1. The van der Waals surface area contributed by atoms with E-state index in [0.29, 0.717) is 11.3 Å². The average molecular weight is 277 g/mol. The quantitative estimate of drug-likeness (QED) is 0.646. The number of hydrogen-bond donors (Lipinski definition) is 1. The molecule has 8 heteroatoms. The normalized spacial score (nSPS) is 10.2. The first-order valence-corrected chi connectivity index (χ1v) is 5.63. The number of nitro groups is 1. The fraction of sp³-hybridized carbons (Fsp3) is 0.167. The molecule has 0 saturated heterocycles. The van der Waals surface area contributed by atoms with Crippen LogP contribution in [0.3, 0.4) is 0 Å². The molecule has 20 heavy (non-hydrogen) atoms. The third kappa shape index (κ3) is 2.58. The molecule has 8 nitrogen and oxygen atoms in total. The van der Waals surface area contributed by atoms with Crippen molar-refractivity contribution in [3.63, 3.8) is 0 Å². The Bertz CT molecular complexity index is 762. The number of methoxy groups -OCH3 is 1. The van der Waals surface area contributed by atoms with Crippen LogP contribution in [0.1, 0.15) is 5.56 Å². The highest BCUT2D eigenvalue weighted by Crippen LogP contribution is 2.17. The monoisotopic (exact) mass is 277 g/mol. The summed E-state index contributed by atoms with van der Waals surface area (Å²) in [6, 6.07) is 6.95. The van der Waals surface area contributed by atoms with Crippen molar-refractivity contribution in [2.45, 2.75) is 6.54 Å². The van der Waals surface area contributed by atoms with Gasteiger partial charge in [0.2, 0.25) is 0 Å². The fourth-order valence-corrected chi connectivity index (χ4v) is 1.76. The maximum atomic E-state index is 11.7. The molecular formula is C12H11N3O5. The number of hydrogen-bond acceptors (Lipinski definition) is 5. The van der Waals surface area contributed by atoms with Gasteiger partial charge in [-0.15, -0.1) is 0 Å². The number of H-pyrrole nitrogens is 1. The van der Waals surface area contributed by atoms with Gasteiger partial charge >= 0.3 is 16.9 Å². The van der Waals surface area contributed by atoms with Crippen LogP contribution in [-0.2, 0) is 6.54 Å². The fourth-order valence-electron chi connectivity index (χ4n) is 1.76. The van der Waals surface area contributed by atoms with Gasteiger partial charge < -0.3 is 4.74 Å². The van der Waals surface area contributed by atoms with Crippen LogP contribution in [0.2, 0.25) is 0 Å². The Balaban J connectivity index is 2.49. The third-order valence-electron chi connectivity index (χ3n) is 2.72. The summed E-state index contributed by atoms with van der Waals surface area (Å²) in [7, 11) is 1.48. The lowest BCUT2D eigenvalue weighted by Gasteiger charge is -2.09. The Morgan fingerprint density at radius 3 is 2.70 bits per heavy atom. The summed E-state index contributed by atoms with van der Waals surface area (Å²) in [5.41, 5.74) is -1.75. The van der Waals surface area contributed by atoms with Gasteiger partial charge in [-0.1, -0.05) is 18.2 Å². The molecule has 1 heterocycles. The Labute approximate surface area is 112 Å². The van der Waals surface area contributed by atoms with Gasteiger partial charge in [-0.3, -0.25) is 24.5 Å². The lowest BCUT2D eigenvalue weighted by atomic mass is 10.2. The first-order valence-electron chi connectivity index (χ1n) is 5.63. The summed E-state index contributed by atoms with van der Waals surface area (Å²) < 4.78 is 6.19. The Morgan fingerprint density at radius 1 is 1.35 bits per heavy atom. The van der Waals surface area contributed by atoms with Gasteiger partial charge in [-0.2, -0.15) is 0 Å². The molecule has 1 aromatic carbocycles. The van der Waals surface area contributed by atoms with Gasteiger partial charge in [-0.05, 0) is 6.07 Å². The molecule has 0 spiro atoms. The maximum Gasteiger partial charge on any atom is 0.350 e. The molecule has 0 aliphatic heterocycles. The summed E-state index contributed by atoms with van der Waals surface area (Å²) in [6.45, 7) is 0.0560. The molecule has 0 saturated carbocycles. The van der Waals surface area contributed by atoms with Crippen LogP contribution in [0, 0.1) is 10.1 Å². The summed E-state index contributed by atoms with van der Waals surface area (Å²) >= 11 is 0. The number of nitrogens with one attached hydrogen (secondary N) is 1. The van der Waals surface area contributed by atoms with E-state index in [0.717, 1.165) is 10.8 Å². The first-order chi connectivity index (χ1) is 9.52. The van der Waals surface area contributed by atoms with E-state index < -0.39 is 21.9 Å². The maximum absolute atomic E-state index is 11.7. The molecule has 2 aromatic rings. The van der Waals surface area contributed by atoms with E-state index in [-0.39, 0.29) is 6.54 Å². The molecule has 2 rings (SSSR count). The van der Waals surface area contributed by atoms with Crippen LogP contribution < -0.4 is 16.0 Å². The van der Waals surface area contributed by atoms with Crippen LogP contribution in [0.4, 0.5) is 5.69 Å². The van der Waals surface area contributed by atoms with Crippen LogP contribution in [0.25, 0.3) is 0 Å². The topological polar surface area (TPSA) is 107 Å². The summed E-state index contributed by atoms with van der Waals surface area (Å²) in [6.07, 6.45) is 0.924. The predicted molar refractivity (Wildman–Crippen MR) is 70.1 cm³/mol. The van der Waals surface area contributed by atoms with Crippen molar-refractivity contribution >= 4 is 5.69 Å². The highest BCUT2D eigenvalue weighted by Gasteiger charge is 2.15. The standard InChI is InChI=1S/C12H11N3O5/c1-20-10-5-3-2-4-8(10)6-14-7-9(15(18)19)11(16)13-12(14)17/h2-5,7H,6H2,1H3,(H,13,16,17). The first kappa shape index (κ1) is 13.5. The van der Waals surface area contributed by atoms with Gasteiger partial charge in [-0.25, -0.2) is 4.79 Å². The zero-order chi connectivity index (χ0) is 14.7. The molecule has 0 fully saturated rings. The van der Waals surface area contributed by atoms with Gasteiger partial charge in [0.1, 0.15) is 5.75 Å². The third-order valence-corrected chi connectivity index (χ3v) is 2.72. The van der Waals surface area contributed by atoms with Crippen molar-refractivity contribution < 1.29 is 9.66 Å². The van der Waals surface area contributed by atoms with Crippen molar-refractivity contribution in [2.75, 3.05) is 7.11 Å². The van der Waals surface area contributed by atoms with Gasteiger partial charge in [0.15, 0.2) is 0 Å². The highest BCUT2D eigenvalue weighted by molar-refractivity contribution is 5.33. The van der Waals surface area contributed by atoms with Gasteiger partial charge in [0, 0.05) is 5.56 Å². The van der Waals surface area contributed by atoms with E-state index in [4.69, 9.17) is 4.74 Å². The number of benzene rings is 1.